The van der Waals surface area contributed by atoms with Gasteiger partial charge in [-0.25, -0.2) is 27.6 Å². The van der Waals surface area contributed by atoms with Gasteiger partial charge in [0.2, 0.25) is 0 Å². The molecule has 0 saturated heterocycles. The summed E-state index contributed by atoms with van der Waals surface area (Å²) in [6, 6.07) is 2.03. The summed E-state index contributed by atoms with van der Waals surface area (Å²) in [4.78, 5) is 38.7. The topological polar surface area (TPSA) is 206 Å². The van der Waals surface area contributed by atoms with Crippen molar-refractivity contribution in [2.24, 2.45) is 0 Å². The maximum absolute atomic E-state index is 10.6. The Labute approximate surface area is 150 Å². The van der Waals surface area contributed by atoms with Crippen LogP contribution in [0.1, 0.15) is 20.7 Å². The monoisotopic (exact) mass is 358 g/mol. The van der Waals surface area contributed by atoms with Crippen molar-refractivity contribution in [3.05, 3.63) is 29.3 Å². The minimum absolute atomic E-state index is 0. The fraction of sp³-hybridized carbons (Fsp3) is 0. The standard InChI is InChI=1S/C8H6O7S.C2H2O4.Na/c9-7(10)5-2-1-4(16(13,14)15)3-6(5)8(11)12;3-1(4)2(5)6;/h1-3H,(H,9,10)(H,11,12)(H,13,14,15);(H,3,4)(H,5,6);/q;;+1/p-1. The van der Waals surface area contributed by atoms with E-state index in [0.29, 0.717) is 6.07 Å². The molecule has 0 amide bonds. The summed E-state index contributed by atoms with van der Waals surface area (Å²) in [5.41, 5.74) is -1.33. The fourth-order valence-corrected chi connectivity index (χ4v) is 1.54. The Morgan fingerprint density at radius 1 is 0.826 bits per heavy atom. The van der Waals surface area contributed by atoms with E-state index in [1.54, 1.807) is 0 Å². The molecule has 0 aliphatic heterocycles. The summed E-state index contributed by atoms with van der Waals surface area (Å²) in [5.74, 6) is -6.79. The van der Waals surface area contributed by atoms with Gasteiger partial charge in [-0.05, 0) is 18.2 Å². The molecule has 0 spiro atoms. The molecule has 120 valence electrons. The van der Waals surface area contributed by atoms with Crippen LogP contribution in [0.2, 0.25) is 0 Å². The SMILES string of the molecule is O=C(O)C(=O)O.O=C(O)c1ccc(S(=O)(=O)[O-])cc1C(=O)O.[Na+]. The largest absolute Gasteiger partial charge is 1.00 e. The molecule has 11 nitrogen and oxygen atoms in total. The van der Waals surface area contributed by atoms with Crippen LogP contribution in [-0.4, -0.2) is 57.3 Å². The van der Waals surface area contributed by atoms with Crippen LogP contribution in [0, 0.1) is 0 Å². The van der Waals surface area contributed by atoms with E-state index in [-0.39, 0.29) is 29.6 Å². The van der Waals surface area contributed by atoms with Crippen LogP contribution >= 0.6 is 0 Å². The van der Waals surface area contributed by atoms with E-state index in [4.69, 9.17) is 30.0 Å². The third-order valence-electron chi connectivity index (χ3n) is 1.92. The second-order valence-corrected chi connectivity index (χ2v) is 4.76. The molecule has 0 heterocycles. The first kappa shape index (κ1) is 23.3. The number of carboxylic acid groups (broad SMARTS) is 4. The molecule has 0 aromatic heterocycles. The fourth-order valence-electron chi connectivity index (χ4n) is 1.04. The first-order chi connectivity index (χ1) is 9.87. The van der Waals surface area contributed by atoms with Gasteiger partial charge in [-0.3, -0.25) is 0 Å². The molecular weight excluding hydrogens is 351 g/mol. The van der Waals surface area contributed by atoms with Crippen LogP contribution < -0.4 is 29.6 Å². The molecule has 0 saturated carbocycles. The molecule has 13 heteroatoms. The third-order valence-corrected chi connectivity index (χ3v) is 2.75. The summed E-state index contributed by atoms with van der Waals surface area (Å²) < 4.78 is 31.8. The van der Waals surface area contributed by atoms with E-state index >= 15 is 0 Å². The van der Waals surface area contributed by atoms with Gasteiger partial charge in [-0.15, -0.1) is 0 Å². The van der Waals surface area contributed by atoms with Gasteiger partial charge >= 0.3 is 53.4 Å². The van der Waals surface area contributed by atoms with E-state index in [1.807, 2.05) is 0 Å². The molecule has 23 heavy (non-hydrogen) atoms. The Morgan fingerprint density at radius 2 is 1.22 bits per heavy atom. The quantitative estimate of drug-likeness (QED) is 0.233. The number of aromatic carboxylic acids is 2. The van der Waals surface area contributed by atoms with E-state index in [9.17, 15) is 22.6 Å². The van der Waals surface area contributed by atoms with Crippen molar-refractivity contribution in [3.63, 3.8) is 0 Å². The molecule has 0 bridgehead atoms. The smallest absolute Gasteiger partial charge is 0.744 e. The van der Waals surface area contributed by atoms with Crippen molar-refractivity contribution in [3.8, 4) is 0 Å². The van der Waals surface area contributed by atoms with Crippen molar-refractivity contribution in [1.82, 2.24) is 0 Å². The van der Waals surface area contributed by atoms with Crippen LogP contribution in [0.5, 0.6) is 0 Å². The number of aliphatic carboxylic acids is 2. The summed E-state index contributed by atoms with van der Waals surface area (Å²) in [7, 11) is -4.81. The number of hydrogen-bond acceptors (Lipinski definition) is 7. The van der Waals surface area contributed by atoms with Gasteiger partial charge in [-0.2, -0.15) is 0 Å². The second kappa shape index (κ2) is 9.22. The molecule has 1 aromatic rings. The van der Waals surface area contributed by atoms with Gasteiger partial charge in [0.05, 0.1) is 16.0 Å². The Morgan fingerprint density at radius 3 is 1.48 bits per heavy atom. The van der Waals surface area contributed by atoms with Crippen molar-refractivity contribution in [2.45, 2.75) is 4.90 Å². The zero-order valence-electron chi connectivity index (χ0n) is 11.3. The second-order valence-electron chi connectivity index (χ2n) is 3.38. The molecule has 0 radical (unpaired) electrons. The van der Waals surface area contributed by atoms with Crippen molar-refractivity contribution in [2.75, 3.05) is 0 Å². The van der Waals surface area contributed by atoms with Crippen LogP contribution in [0.15, 0.2) is 23.1 Å². The number of carboxylic acids is 4. The summed E-state index contributed by atoms with van der Waals surface area (Å²) in [6.07, 6.45) is 0. The van der Waals surface area contributed by atoms with E-state index in [2.05, 4.69) is 0 Å². The van der Waals surface area contributed by atoms with Gasteiger partial charge in [0.15, 0.2) is 0 Å². The summed E-state index contributed by atoms with van der Waals surface area (Å²) >= 11 is 0. The Bertz CT molecular complexity index is 725. The Balaban J connectivity index is 0. The van der Waals surface area contributed by atoms with Gasteiger partial charge in [0.1, 0.15) is 10.1 Å². The molecule has 0 aliphatic carbocycles. The number of benzene rings is 1. The summed E-state index contributed by atoms with van der Waals surface area (Å²) in [6.45, 7) is 0. The zero-order valence-corrected chi connectivity index (χ0v) is 14.1. The first-order valence-corrected chi connectivity index (χ1v) is 6.31. The molecular formula is C10H7NaO11S. The van der Waals surface area contributed by atoms with Crippen molar-refractivity contribution < 1.29 is 82.1 Å². The molecule has 0 aliphatic rings. The van der Waals surface area contributed by atoms with Crippen LogP contribution in [0.4, 0.5) is 0 Å². The maximum Gasteiger partial charge on any atom is 1.00 e. The van der Waals surface area contributed by atoms with Gasteiger partial charge < -0.3 is 25.0 Å². The van der Waals surface area contributed by atoms with Crippen LogP contribution in [0.25, 0.3) is 0 Å². The van der Waals surface area contributed by atoms with Crippen LogP contribution in [0.3, 0.4) is 0 Å². The van der Waals surface area contributed by atoms with Crippen LogP contribution in [-0.2, 0) is 19.7 Å². The Hall–Kier alpha value is -1.99. The predicted molar refractivity (Wildman–Crippen MR) is 63.6 cm³/mol. The van der Waals surface area contributed by atoms with Gasteiger partial charge in [0.25, 0.3) is 0 Å². The van der Waals surface area contributed by atoms with E-state index in [1.165, 1.54) is 0 Å². The average molecular weight is 358 g/mol. The third kappa shape index (κ3) is 7.71. The molecule has 0 unspecified atom stereocenters. The first-order valence-electron chi connectivity index (χ1n) is 4.90. The number of carbonyl (C=O) groups is 4. The van der Waals surface area contributed by atoms with Crippen molar-refractivity contribution >= 4 is 34.0 Å². The average Bonchev–Trinajstić information content (AvgIpc) is 2.37. The molecule has 1 rings (SSSR count). The van der Waals surface area contributed by atoms with E-state index in [0.717, 1.165) is 12.1 Å². The molecule has 0 atom stereocenters. The minimum Gasteiger partial charge on any atom is -0.744 e. The van der Waals surface area contributed by atoms with E-state index < -0.39 is 50.0 Å². The predicted octanol–water partition coefficient (Wildman–Crippen LogP) is -3.85. The molecule has 0 fully saturated rings. The molecule has 4 N–H and O–H groups in total. The van der Waals surface area contributed by atoms with Crippen molar-refractivity contribution in [1.29, 1.82) is 0 Å². The minimum atomic E-state index is -4.81. The normalized spacial score (nSPS) is 9.61. The Kier molecular flexibility index (Phi) is 9.33. The number of rotatable bonds is 3. The van der Waals surface area contributed by atoms with Gasteiger partial charge in [-0.1, -0.05) is 0 Å². The zero-order chi connectivity index (χ0) is 17.7. The molecule has 1 aromatic carbocycles. The number of hydrogen-bond donors (Lipinski definition) is 4. The van der Waals surface area contributed by atoms with Gasteiger partial charge in [0, 0.05) is 0 Å². The summed E-state index contributed by atoms with van der Waals surface area (Å²) in [5, 5.41) is 32.0. The maximum atomic E-state index is 10.6.